The summed E-state index contributed by atoms with van der Waals surface area (Å²) in [5, 5.41) is 0. The van der Waals surface area contributed by atoms with Crippen molar-refractivity contribution in [3.05, 3.63) is 23.0 Å². The summed E-state index contributed by atoms with van der Waals surface area (Å²) in [6, 6.07) is 0.972. The van der Waals surface area contributed by atoms with Crippen LogP contribution >= 0.6 is 0 Å². The third-order valence-electron chi connectivity index (χ3n) is 3.74. The van der Waals surface area contributed by atoms with Crippen LogP contribution in [0.25, 0.3) is 0 Å². The first kappa shape index (κ1) is 15.0. The zero-order valence-corrected chi connectivity index (χ0v) is 12.5. The maximum atomic E-state index is 12.3. The van der Waals surface area contributed by atoms with Crippen molar-refractivity contribution in [2.75, 3.05) is 13.6 Å². The van der Waals surface area contributed by atoms with Crippen LogP contribution in [0.15, 0.2) is 6.07 Å². The number of ketones is 1. The first-order chi connectivity index (χ1) is 9.79. The minimum absolute atomic E-state index is 0.354. The Morgan fingerprint density at radius 2 is 1.76 bits per heavy atom. The molecule has 1 aliphatic heterocycles. The second kappa shape index (κ2) is 5.16. The van der Waals surface area contributed by atoms with Crippen LogP contribution in [0.2, 0.25) is 0 Å². The van der Waals surface area contributed by atoms with Crippen molar-refractivity contribution >= 4 is 23.6 Å². The molecule has 0 unspecified atom stereocenters. The van der Waals surface area contributed by atoms with E-state index in [-0.39, 0.29) is 5.78 Å². The molecule has 1 saturated heterocycles. The van der Waals surface area contributed by atoms with E-state index in [1.54, 1.807) is 6.07 Å². The Morgan fingerprint density at radius 3 is 2.19 bits per heavy atom. The molecule has 0 aromatic carbocycles. The smallest absolute Gasteiger partial charge is 0.334 e. The van der Waals surface area contributed by atoms with E-state index in [2.05, 4.69) is 0 Å². The zero-order valence-electron chi connectivity index (χ0n) is 12.5. The van der Waals surface area contributed by atoms with E-state index in [1.165, 1.54) is 7.05 Å². The standard InChI is InChI=1S/C14H17N3O4/c1-5-16-8(2)6-10(9(16)3)11(18)7-17-13(20)12(19)15(4)14(17)21/h6H,5,7H2,1-4H3. The monoisotopic (exact) mass is 291 g/mol. The van der Waals surface area contributed by atoms with E-state index in [4.69, 9.17) is 0 Å². The van der Waals surface area contributed by atoms with Crippen LogP contribution in [0.3, 0.4) is 0 Å². The van der Waals surface area contributed by atoms with Gasteiger partial charge in [-0.3, -0.25) is 19.3 Å². The Balaban J connectivity index is 2.25. The van der Waals surface area contributed by atoms with Crippen molar-refractivity contribution in [3.63, 3.8) is 0 Å². The Kier molecular flexibility index (Phi) is 3.67. The van der Waals surface area contributed by atoms with Gasteiger partial charge in [-0.25, -0.2) is 9.69 Å². The van der Waals surface area contributed by atoms with Crippen LogP contribution in [-0.4, -0.2) is 51.6 Å². The van der Waals surface area contributed by atoms with E-state index in [9.17, 15) is 19.2 Å². The van der Waals surface area contributed by atoms with Gasteiger partial charge in [-0.05, 0) is 26.8 Å². The van der Waals surface area contributed by atoms with Gasteiger partial charge in [-0.2, -0.15) is 0 Å². The topological polar surface area (TPSA) is 79.7 Å². The number of urea groups is 1. The van der Waals surface area contributed by atoms with Gasteiger partial charge in [0.2, 0.25) is 0 Å². The summed E-state index contributed by atoms with van der Waals surface area (Å²) in [5.41, 5.74) is 2.20. The molecule has 0 bridgehead atoms. The molecule has 112 valence electrons. The van der Waals surface area contributed by atoms with Crippen LogP contribution in [0.1, 0.15) is 28.7 Å². The van der Waals surface area contributed by atoms with Gasteiger partial charge in [0.1, 0.15) is 0 Å². The van der Waals surface area contributed by atoms with Gasteiger partial charge in [0.05, 0.1) is 6.54 Å². The number of Topliss-reactive ketones (excluding diaryl/α,β-unsaturated/α-hetero) is 1. The third kappa shape index (κ3) is 2.24. The number of rotatable bonds is 4. The summed E-state index contributed by atoms with van der Waals surface area (Å²) in [6.45, 7) is 5.98. The molecule has 1 aliphatic rings. The fraction of sp³-hybridized carbons (Fsp3) is 0.429. The van der Waals surface area contributed by atoms with Crippen molar-refractivity contribution in [2.45, 2.75) is 27.3 Å². The fourth-order valence-corrected chi connectivity index (χ4v) is 2.55. The summed E-state index contributed by atoms with van der Waals surface area (Å²) in [5.74, 6) is -2.22. The van der Waals surface area contributed by atoms with Gasteiger partial charge in [0, 0.05) is 30.5 Å². The number of nitrogens with zero attached hydrogens (tertiary/aromatic N) is 3. The van der Waals surface area contributed by atoms with Gasteiger partial charge < -0.3 is 4.57 Å². The molecule has 0 N–H and O–H groups in total. The van der Waals surface area contributed by atoms with Gasteiger partial charge in [-0.15, -0.1) is 0 Å². The molecule has 0 atom stereocenters. The number of imide groups is 2. The summed E-state index contributed by atoms with van der Waals surface area (Å²) in [7, 11) is 1.22. The maximum Gasteiger partial charge on any atom is 0.334 e. The normalized spacial score (nSPS) is 15.3. The second-order valence-electron chi connectivity index (χ2n) is 4.99. The molecular weight excluding hydrogens is 274 g/mol. The van der Waals surface area contributed by atoms with Crippen LogP contribution in [0, 0.1) is 13.8 Å². The fourth-order valence-electron chi connectivity index (χ4n) is 2.55. The van der Waals surface area contributed by atoms with Gasteiger partial charge in [-0.1, -0.05) is 0 Å². The van der Waals surface area contributed by atoms with Crippen molar-refractivity contribution in [3.8, 4) is 0 Å². The molecule has 7 nitrogen and oxygen atoms in total. The molecule has 21 heavy (non-hydrogen) atoms. The number of hydrogen-bond donors (Lipinski definition) is 0. The third-order valence-corrected chi connectivity index (χ3v) is 3.74. The van der Waals surface area contributed by atoms with Gasteiger partial charge >= 0.3 is 17.8 Å². The quantitative estimate of drug-likeness (QED) is 0.465. The summed E-state index contributed by atoms with van der Waals surface area (Å²) in [4.78, 5) is 48.6. The number of amides is 4. The molecule has 2 rings (SSSR count). The number of hydrogen-bond acceptors (Lipinski definition) is 4. The lowest BCUT2D eigenvalue weighted by Gasteiger charge is -2.12. The van der Waals surface area contributed by atoms with Crippen LogP contribution < -0.4 is 0 Å². The number of likely N-dealkylation sites (N-methyl/N-ethyl adjacent to an activating group) is 1. The Labute approximate surface area is 122 Å². The van der Waals surface area contributed by atoms with Crippen LogP contribution in [-0.2, 0) is 16.1 Å². The molecule has 0 saturated carbocycles. The maximum absolute atomic E-state index is 12.3. The summed E-state index contributed by atoms with van der Waals surface area (Å²) < 4.78 is 1.97. The molecule has 1 fully saturated rings. The minimum atomic E-state index is -0.958. The lowest BCUT2D eigenvalue weighted by atomic mass is 10.1. The molecular formula is C14H17N3O4. The lowest BCUT2D eigenvalue weighted by molar-refractivity contribution is -0.142. The average Bonchev–Trinajstić information content (AvgIpc) is 2.83. The minimum Gasteiger partial charge on any atom is -0.349 e. The predicted octanol–water partition coefficient (Wildman–Crippen LogP) is 0.728. The number of aryl methyl sites for hydroxylation is 1. The highest BCUT2D eigenvalue weighted by molar-refractivity contribution is 6.45. The largest absolute Gasteiger partial charge is 0.349 e. The number of aromatic nitrogens is 1. The van der Waals surface area contributed by atoms with E-state index >= 15 is 0 Å². The molecule has 1 aromatic rings. The van der Waals surface area contributed by atoms with E-state index in [1.807, 2.05) is 25.3 Å². The van der Waals surface area contributed by atoms with E-state index < -0.39 is 24.4 Å². The molecule has 0 aliphatic carbocycles. The molecule has 0 radical (unpaired) electrons. The predicted molar refractivity (Wildman–Crippen MR) is 73.8 cm³/mol. The average molecular weight is 291 g/mol. The zero-order chi connectivity index (χ0) is 15.9. The number of carbonyl (C=O) groups is 4. The van der Waals surface area contributed by atoms with Crippen LogP contribution in [0.4, 0.5) is 4.79 Å². The van der Waals surface area contributed by atoms with E-state index in [0.29, 0.717) is 15.4 Å². The summed E-state index contributed by atoms with van der Waals surface area (Å²) >= 11 is 0. The Bertz CT molecular complexity index is 659. The second-order valence-corrected chi connectivity index (χ2v) is 4.99. The summed E-state index contributed by atoms with van der Waals surface area (Å²) in [6.07, 6.45) is 0. The highest BCUT2D eigenvalue weighted by Crippen LogP contribution is 2.17. The lowest BCUT2D eigenvalue weighted by Crippen LogP contribution is -2.36. The van der Waals surface area contributed by atoms with Crippen molar-refractivity contribution < 1.29 is 19.2 Å². The SMILES string of the molecule is CCn1c(C)cc(C(=O)CN2C(=O)C(=O)N(C)C2=O)c1C. The van der Waals surface area contributed by atoms with Gasteiger partial charge in [0.25, 0.3) is 0 Å². The van der Waals surface area contributed by atoms with Gasteiger partial charge in [0.15, 0.2) is 5.78 Å². The molecule has 0 spiro atoms. The van der Waals surface area contributed by atoms with E-state index in [0.717, 1.165) is 17.9 Å². The van der Waals surface area contributed by atoms with Crippen molar-refractivity contribution in [2.24, 2.45) is 0 Å². The van der Waals surface area contributed by atoms with Crippen LogP contribution in [0.5, 0.6) is 0 Å². The van der Waals surface area contributed by atoms with Crippen molar-refractivity contribution in [1.82, 2.24) is 14.4 Å². The first-order valence-electron chi connectivity index (χ1n) is 6.63. The highest BCUT2D eigenvalue weighted by Gasteiger charge is 2.43. The highest BCUT2D eigenvalue weighted by atomic mass is 16.2. The Hall–Kier alpha value is -2.44. The molecule has 2 heterocycles. The molecule has 7 heteroatoms. The number of carbonyl (C=O) groups excluding carboxylic acids is 4. The first-order valence-corrected chi connectivity index (χ1v) is 6.63. The Morgan fingerprint density at radius 1 is 1.14 bits per heavy atom. The molecule has 1 aromatic heterocycles. The van der Waals surface area contributed by atoms with Crippen molar-refractivity contribution in [1.29, 1.82) is 0 Å². The molecule has 4 amide bonds.